The summed E-state index contributed by atoms with van der Waals surface area (Å²) in [7, 11) is 0. The number of nitrogens with one attached hydrogen (secondary N) is 1. The number of aromatic amines is 1. The quantitative estimate of drug-likeness (QED) is 0.742. The fourth-order valence-corrected chi connectivity index (χ4v) is 2.46. The third-order valence-electron chi connectivity index (χ3n) is 3.96. The number of aromatic nitrogens is 1. The van der Waals surface area contributed by atoms with Crippen molar-refractivity contribution in [1.29, 1.82) is 0 Å². The van der Waals surface area contributed by atoms with Crippen molar-refractivity contribution in [3.63, 3.8) is 0 Å². The van der Waals surface area contributed by atoms with E-state index >= 15 is 0 Å². The van der Waals surface area contributed by atoms with E-state index in [-0.39, 0.29) is 5.54 Å². The Bertz CT molecular complexity index is 594. The zero-order chi connectivity index (χ0) is 12.2. The lowest BCUT2D eigenvalue weighted by Crippen LogP contribution is -2.24. The van der Waals surface area contributed by atoms with Crippen LogP contribution in [0.15, 0.2) is 12.1 Å². The molecule has 2 aromatic rings. The molecule has 0 aliphatic heterocycles. The number of H-pyrrole nitrogens is 1. The standard InChI is InChI=1S/C14H18N2O/c1-8-9(2)16-11-4-3-10(13(17)12(8)11)7-14(15)5-6-14/h3-4,16-17H,5-7,15H2,1-2H3. The Morgan fingerprint density at radius 3 is 2.71 bits per heavy atom. The number of phenols is 1. The SMILES string of the molecule is Cc1[nH]c2ccc(CC3(N)CC3)c(O)c2c1C. The molecule has 90 valence electrons. The molecular weight excluding hydrogens is 212 g/mol. The summed E-state index contributed by atoms with van der Waals surface area (Å²) in [5.41, 5.74) is 10.3. The van der Waals surface area contributed by atoms with Crippen LogP contribution >= 0.6 is 0 Å². The van der Waals surface area contributed by atoms with Gasteiger partial charge in [-0.15, -0.1) is 0 Å². The summed E-state index contributed by atoms with van der Waals surface area (Å²) in [5.74, 6) is 0.404. The van der Waals surface area contributed by atoms with Crippen LogP contribution in [0.1, 0.15) is 29.7 Å². The van der Waals surface area contributed by atoms with Gasteiger partial charge in [-0.3, -0.25) is 0 Å². The molecule has 1 fully saturated rings. The summed E-state index contributed by atoms with van der Waals surface area (Å²) in [4.78, 5) is 3.28. The fraction of sp³-hybridized carbons (Fsp3) is 0.429. The van der Waals surface area contributed by atoms with Gasteiger partial charge >= 0.3 is 0 Å². The van der Waals surface area contributed by atoms with Crippen molar-refractivity contribution >= 4 is 10.9 Å². The molecule has 0 unspecified atom stereocenters. The van der Waals surface area contributed by atoms with E-state index in [2.05, 4.69) is 4.98 Å². The van der Waals surface area contributed by atoms with Crippen molar-refractivity contribution in [2.45, 2.75) is 38.6 Å². The zero-order valence-electron chi connectivity index (χ0n) is 10.3. The summed E-state index contributed by atoms with van der Waals surface area (Å²) in [6.45, 7) is 4.06. The Balaban J connectivity index is 2.14. The highest BCUT2D eigenvalue weighted by Gasteiger charge is 2.38. The molecule has 0 radical (unpaired) electrons. The van der Waals surface area contributed by atoms with Crippen molar-refractivity contribution < 1.29 is 5.11 Å². The maximum absolute atomic E-state index is 10.4. The molecule has 1 aromatic heterocycles. The van der Waals surface area contributed by atoms with E-state index in [0.29, 0.717) is 5.75 Å². The number of hydrogen-bond acceptors (Lipinski definition) is 2. The first-order valence-corrected chi connectivity index (χ1v) is 6.09. The van der Waals surface area contributed by atoms with E-state index in [0.717, 1.165) is 47.0 Å². The van der Waals surface area contributed by atoms with Gasteiger partial charge in [0.15, 0.2) is 0 Å². The Morgan fingerprint density at radius 2 is 2.06 bits per heavy atom. The second-order valence-electron chi connectivity index (χ2n) is 5.41. The van der Waals surface area contributed by atoms with Crippen LogP contribution in [0.4, 0.5) is 0 Å². The molecule has 0 amide bonds. The summed E-state index contributed by atoms with van der Waals surface area (Å²) >= 11 is 0. The normalized spacial score (nSPS) is 17.6. The van der Waals surface area contributed by atoms with Crippen LogP contribution in [0.3, 0.4) is 0 Å². The molecule has 3 nitrogen and oxygen atoms in total. The number of phenolic OH excluding ortho intramolecular Hbond substituents is 1. The molecule has 4 N–H and O–H groups in total. The highest BCUT2D eigenvalue weighted by molar-refractivity contribution is 5.91. The maximum atomic E-state index is 10.4. The number of aromatic hydroxyl groups is 1. The van der Waals surface area contributed by atoms with Gasteiger partial charge in [-0.2, -0.15) is 0 Å². The predicted molar refractivity (Wildman–Crippen MR) is 69.3 cm³/mol. The second-order valence-corrected chi connectivity index (χ2v) is 5.41. The minimum atomic E-state index is -0.0651. The van der Waals surface area contributed by atoms with Gasteiger partial charge in [-0.25, -0.2) is 0 Å². The molecule has 1 heterocycles. The fourth-order valence-electron chi connectivity index (χ4n) is 2.46. The van der Waals surface area contributed by atoms with Crippen LogP contribution in [0, 0.1) is 13.8 Å². The number of aryl methyl sites for hydroxylation is 2. The first kappa shape index (κ1) is 10.7. The largest absolute Gasteiger partial charge is 0.507 e. The Kier molecular flexibility index (Phi) is 2.05. The van der Waals surface area contributed by atoms with Crippen LogP contribution in [0.25, 0.3) is 10.9 Å². The third-order valence-corrected chi connectivity index (χ3v) is 3.96. The first-order valence-electron chi connectivity index (χ1n) is 6.09. The first-order chi connectivity index (χ1) is 8.00. The van der Waals surface area contributed by atoms with Crippen molar-refractivity contribution in [3.05, 3.63) is 29.0 Å². The van der Waals surface area contributed by atoms with Gasteiger partial charge in [0.1, 0.15) is 5.75 Å². The van der Waals surface area contributed by atoms with Crippen LogP contribution < -0.4 is 5.73 Å². The minimum absolute atomic E-state index is 0.0651. The summed E-state index contributed by atoms with van der Waals surface area (Å²) in [6, 6.07) is 4.02. The van der Waals surface area contributed by atoms with Crippen molar-refractivity contribution in [1.82, 2.24) is 4.98 Å². The lowest BCUT2D eigenvalue weighted by atomic mass is 10.0. The van der Waals surface area contributed by atoms with E-state index < -0.39 is 0 Å². The third kappa shape index (κ3) is 1.62. The molecule has 1 aromatic carbocycles. The Labute approximate surface area is 101 Å². The summed E-state index contributed by atoms with van der Waals surface area (Å²) in [6.07, 6.45) is 2.91. The van der Waals surface area contributed by atoms with E-state index in [1.54, 1.807) is 0 Å². The van der Waals surface area contributed by atoms with E-state index in [1.165, 1.54) is 0 Å². The topological polar surface area (TPSA) is 62.0 Å². The highest BCUT2D eigenvalue weighted by Crippen LogP contribution is 2.40. The minimum Gasteiger partial charge on any atom is -0.507 e. The van der Waals surface area contributed by atoms with Gasteiger partial charge in [0.2, 0.25) is 0 Å². The molecule has 0 bridgehead atoms. The van der Waals surface area contributed by atoms with Gasteiger partial charge in [0.05, 0.1) is 0 Å². The average molecular weight is 230 g/mol. The lowest BCUT2D eigenvalue weighted by molar-refractivity contribution is 0.470. The molecule has 17 heavy (non-hydrogen) atoms. The van der Waals surface area contributed by atoms with E-state index in [4.69, 9.17) is 5.73 Å². The Morgan fingerprint density at radius 1 is 1.35 bits per heavy atom. The molecule has 3 rings (SSSR count). The lowest BCUT2D eigenvalue weighted by Gasteiger charge is -2.11. The summed E-state index contributed by atoms with van der Waals surface area (Å²) < 4.78 is 0. The molecule has 0 saturated heterocycles. The van der Waals surface area contributed by atoms with Gasteiger partial charge in [-0.05, 0) is 50.3 Å². The van der Waals surface area contributed by atoms with E-state index in [9.17, 15) is 5.11 Å². The number of hydrogen-bond donors (Lipinski definition) is 3. The number of nitrogens with two attached hydrogens (primary N) is 1. The van der Waals surface area contributed by atoms with Gasteiger partial charge in [0.25, 0.3) is 0 Å². The summed E-state index contributed by atoms with van der Waals surface area (Å²) in [5, 5.41) is 11.3. The molecule has 0 spiro atoms. The second kappa shape index (κ2) is 3.26. The van der Waals surface area contributed by atoms with Crippen molar-refractivity contribution in [3.8, 4) is 5.75 Å². The number of rotatable bonds is 2. The average Bonchev–Trinajstić information content (AvgIpc) is 2.92. The van der Waals surface area contributed by atoms with Crippen LogP contribution in [-0.2, 0) is 6.42 Å². The van der Waals surface area contributed by atoms with E-state index in [1.807, 2.05) is 26.0 Å². The van der Waals surface area contributed by atoms with Crippen molar-refractivity contribution in [2.24, 2.45) is 5.73 Å². The van der Waals surface area contributed by atoms with Crippen LogP contribution in [-0.4, -0.2) is 15.6 Å². The zero-order valence-corrected chi connectivity index (χ0v) is 10.3. The highest BCUT2D eigenvalue weighted by atomic mass is 16.3. The van der Waals surface area contributed by atoms with Crippen LogP contribution in [0.2, 0.25) is 0 Å². The van der Waals surface area contributed by atoms with Gasteiger partial charge in [-0.1, -0.05) is 6.07 Å². The molecule has 1 aliphatic rings. The molecule has 0 atom stereocenters. The molecule has 3 heteroatoms. The molecular formula is C14H18N2O. The molecule has 1 saturated carbocycles. The maximum Gasteiger partial charge on any atom is 0.128 e. The van der Waals surface area contributed by atoms with Crippen LogP contribution in [0.5, 0.6) is 5.75 Å². The molecule has 1 aliphatic carbocycles. The van der Waals surface area contributed by atoms with Crippen molar-refractivity contribution in [2.75, 3.05) is 0 Å². The van der Waals surface area contributed by atoms with Gasteiger partial charge < -0.3 is 15.8 Å². The smallest absolute Gasteiger partial charge is 0.128 e. The predicted octanol–water partition coefficient (Wildman–Crippen LogP) is 2.52. The monoisotopic (exact) mass is 230 g/mol. The van der Waals surface area contributed by atoms with Gasteiger partial charge in [0, 0.05) is 22.1 Å². The number of fused-ring (bicyclic) bond motifs is 1. The Hall–Kier alpha value is -1.48. The number of benzene rings is 1.